The Balaban J connectivity index is 2.18. The summed E-state index contributed by atoms with van der Waals surface area (Å²) in [6, 6.07) is 7.04. The molecule has 0 aliphatic heterocycles. The second kappa shape index (κ2) is 5.88. The molecule has 6 heteroatoms. The molecule has 1 N–H and O–H groups in total. The topological polar surface area (TPSA) is 72.3 Å². The number of ether oxygens (including phenoxy) is 1. The fraction of sp³-hybridized carbons (Fsp3) is 0.214. The van der Waals surface area contributed by atoms with E-state index in [0.29, 0.717) is 5.75 Å². The van der Waals surface area contributed by atoms with Gasteiger partial charge in [0, 0.05) is 6.07 Å². The summed E-state index contributed by atoms with van der Waals surface area (Å²) in [5, 5.41) is 8.99. The van der Waals surface area contributed by atoms with E-state index >= 15 is 0 Å². The largest absolute Gasteiger partial charge is 0.485 e. The maximum atomic E-state index is 10.9. The van der Waals surface area contributed by atoms with Crippen molar-refractivity contribution in [3.63, 3.8) is 0 Å². The van der Waals surface area contributed by atoms with Gasteiger partial charge in [-0.15, -0.1) is 0 Å². The van der Waals surface area contributed by atoms with Crippen LogP contribution in [0.5, 0.6) is 5.75 Å². The molecule has 1 aromatic carbocycles. The van der Waals surface area contributed by atoms with Gasteiger partial charge in [0.25, 0.3) is 0 Å². The molecule has 0 fully saturated rings. The maximum Gasteiger partial charge on any atom is 0.354 e. The first-order valence-corrected chi connectivity index (χ1v) is 6.30. The quantitative estimate of drug-likeness (QED) is 0.877. The van der Waals surface area contributed by atoms with Crippen LogP contribution < -0.4 is 4.74 Å². The van der Waals surface area contributed by atoms with Crippen LogP contribution in [0.2, 0.25) is 5.15 Å². The van der Waals surface area contributed by atoms with Crippen LogP contribution >= 0.6 is 11.6 Å². The van der Waals surface area contributed by atoms with Gasteiger partial charge in [0.15, 0.2) is 11.5 Å². The SMILES string of the molecule is Cc1ccc(C)c(OCc2nc(Cl)cc(C(=O)O)n2)c1. The summed E-state index contributed by atoms with van der Waals surface area (Å²) in [4.78, 5) is 18.7. The molecule has 104 valence electrons. The lowest BCUT2D eigenvalue weighted by Gasteiger charge is -2.09. The average Bonchev–Trinajstić information content (AvgIpc) is 2.39. The van der Waals surface area contributed by atoms with Gasteiger partial charge in [-0.05, 0) is 31.0 Å². The van der Waals surface area contributed by atoms with Crippen LogP contribution in [0.1, 0.15) is 27.4 Å². The maximum absolute atomic E-state index is 10.9. The first-order valence-electron chi connectivity index (χ1n) is 5.92. The zero-order valence-electron chi connectivity index (χ0n) is 11.1. The number of hydrogen-bond donors (Lipinski definition) is 1. The number of hydrogen-bond acceptors (Lipinski definition) is 4. The highest BCUT2D eigenvalue weighted by atomic mass is 35.5. The Morgan fingerprint density at radius 3 is 2.75 bits per heavy atom. The van der Waals surface area contributed by atoms with Gasteiger partial charge in [-0.25, -0.2) is 14.8 Å². The normalized spacial score (nSPS) is 10.3. The van der Waals surface area contributed by atoms with Crippen molar-refractivity contribution >= 4 is 17.6 Å². The first-order chi connectivity index (χ1) is 9.45. The standard InChI is InChI=1S/C14H13ClN2O3/c1-8-3-4-9(2)11(5-8)20-7-13-16-10(14(18)19)6-12(15)17-13/h3-6H,7H2,1-2H3,(H,18,19). The van der Waals surface area contributed by atoms with E-state index in [1.54, 1.807) is 0 Å². The number of aryl methyl sites for hydroxylation is 2. The Morgan fingerprint density at radius 1 is 1.30 bits per heavy atom. The van der Waals surface area contributed by atoms with Crippen LogP contribution in [0.4, 0.5) is 0 Å². The van der Waals surface area contributed by atoms with E-state index in [9.17, 15) is 4.79 Å². The Bertz CT molecular complexity index is 659. The molecule has 0 saturated heterocycles. The fourth-order valence-electron chi connectivity index (χ4n) is 1.64. The molecule has 5 nitrogen and oxygen atoms in total. The molecular formula is C14H13ClN2O3. The molecule has 2 rings (SSSR count). The molecule has 0 radical (unpaired) electrons. The molecule has 20 heavy (non-hydrogen) atoms. The zero-order chi connectivity index (χ0) is 14.7. The van der Waals surface area contributed by atoms with Gasteiger partial charge in [-0.1, -0.05) is 23.7 Å². The number of benzene rings is 1. The van der Waals surface area contributed by atoms with Crippen LogP contribution in [0.3, 0.4) is 0 Å². The molecule has 0 aliphatic carbocycles. The third-order valence-corrected chi connectivity index (χ3v) is 2.85. The first kappa shape index (κ1) is 14.3. The minimum absolute atomic E-state index is 0.0606. The van der Waals surface area contributed by atoms with E-state index in [2.05, 4.69) is 9.97 Å². The Labute approximate surface area is 121 Å². The van der Waals surface area contributed by atoms with Crippen molar-refractivity contribution in [2.24, 2.45) is 0 Å². The van der Waals surface area contributed by atoms with Crippen molar-refractivity contribution < 1.29 is 14.6 Å². The molecule has 0 aliphatic rings. The second-order valence-electron chi connectivity index (χ2n) is 4.35. The molecule has 0 spiro atoms. The lowest BCUT2D eigenvalue weighted by Crippen LogP contribution is -2.08. The number of carbonyl (C=O) groups is 1. The van der Waals surface area contributed by atoms with Gasteiger partial charge < -0.3 is 9.84 Å². The van der Waals surface area contributed by atoms with Crippen molar-refractivity contribution in [1.29, 1.82) is 0 Å². The summed E-state index contributed by atoms with van der Waals surface area (Å²) < 4.78 is 5.62. The molecular weight excluding hydrogens is 280 g/mol. The van der Waals surface area contributed by atoms with Crippen molar-refractivity contribution in [3.05, 3.63) is 52.1 Å². The highest BCUT2D eigenvalue weighted by Gasteiger charge is 2.10. The van der Waals surface area contributed by atoms with Gasteiger partial charge in [-0.3, -0.25) is 0 Å². The Hall–Kier alpha value is -2.14. The lowest BCUT2D eigenvalue weighted by molar-refractivity contribution is 0.0689. The molecule has 0 saturated carbocycles. The molecule has 0 unspecified atom stereocenters. The Morgan fingerprint density at radius 2 is 2.05 bits per heavy atom. The summed E-state index contributed by atoms with van der Waals surface area (Å²) >= 11 is 5.76. The predicted octanol–water partition coefficient (Wildman–Crippen LogP) is 3.02. The van der Waals surface area contributed by atoms with Crippen LogP contribution in [-0.4, -0.2) is 21.0 Å². The van der Waals surface area contributed by atoms with Crippen LogP contribution in [0, 0.1) is 13.8 Å². The number of nitrogens with zero attached hydrogens (tertiary/aromatic N) is 2. The van der Waals surface area contributed by atoms with Crippen LogP contribution in [0.15, 0.2) is 24.3 Å². The number of aromatic nitrogens is 2. The van der Waals surface area contributed by atoms with E-state index < -0.39 is 5.97 Å². The predicted molar refractivity (Wildman–Crippen MR) is 74.2 cm³/mol. The van der Waals surface area contributed by atoms with Gasteiger partial charge in [0.1, 0.15) is 17.5 Å². The van der Waals surface area contributed by atoms with Gasteiger partial charge >= 0.3 is 5.97 Å². The van der Waals surface area contributed by atoms with E-state index in [1.807, 2.05) is 32.0 Å². The second-order valence-corrected chi connectivity index (χ2v) is 4.74. The van der Waals surface area contributed by atoms with Gasteiger partial charge in [0.2, 0.25) is 0 Å². The van der Waals surface area contributed by atoms with Gasteiger partial charge in [0.05, 0.1) is 0 Å². The molecule has 1 heterocycles. The van der Waals surface area contributed by atoms with Crippen LogP contribution in [0.25, 0.3) is 0 Å². The monoisotopic (exact) mass is 292 g/mol. The Kier molecular flexibility index (Phi) is 4.20. The van der Waals surface area contributed by atoms with Gasteiger partial charge in [-0.2, -0.15) is 0 Å². The highest BCUT2D eigenvalue weighted by Crippen LogP contribution is 2.20. The van der Waals surface area contributed by atoms with Crippen molar-refractivity contribution in [3.8, 4) is 5.75 Å². The number of carboxylic acid groups (broad SMARTS) is 1. The third-order valence-electron chi connectivity index (χ3n) is 2.66. The number of halogens is 1. The summed E-state index contributed by atoms with van der Waals surface area (Å²) in [7, 11) is 0. The number of aromatic carboxylic acids is 1. The summed E-state index contributed by atoms with van der Waals surface area (Å²) in [6.45, 7) is 3.95. The summed E-state index contributed by atoms with van der Waals surface area (Å²) in [6.07, 6.45) is 0. The minimum Gasteiger partial charge on any atom is -0.485 e. The third kappa shape index (κ3) is 3.45. The van der Waals surface area contributed by atoms with Crippen molar-refractivity contribution in [2.75, 3.05) is 0 Å². The molecule has 0 amide bonds. The average molecular weight is 293 g/mol. The van der Waals surface area contributed by atoms with E-state index in [0.717, 1.165) is 11.1 Å². The van der Waals surface area contributed by atoms with Crippen LogP contribution in [-0.2, 0) is 6.61 Å². The molecule has 1 aromatic heterocycles. The van der Waals surface area contributed by atoms with Crippen molar-refractivity contribution in [2.45, 2.75) is 20.5 Å². The minimum atomic E-state index is -1.15. The zero-order valence-corrected chi connectivity index (χ0v) is 11.8. The molecule has 2 aromatic rings. The molecule has 0 bridgehead atoms. The summed E-state index contributed by atoms with van der Waals surface area (Å²) in [5.41, 5.74) is 1.91. The highest BCUT2D eigenvalue weighted by molar-refractivity contribution is 6.29. The van der Waals surface area contributed by atoms with E-state index in [4.69, 9.17) is 21.4 Å². The van der Waals surface area contributed by atoms with Crippen molar-refractivity contribution in [1.82, 2.24) is 9.97 Å². The number of rotatable bonds is 4. The number of carboxylic acids is 1. The van der Waals surface area contributed by atoms with E-state index in [-0.39, 0.29) is 23.3 Å². The fourth-order valence-corrected chi connectivity index (χ4v) is 1.84. The van der Waals surface area contributed by atoms with E-state index in [1.165, 1.54) is 6.07 Å². The summed E-state index contributed by atoms with van der Waals surface area (Å²) in [5.74, 6) is -0.205. The lowest BCUT2D eigenvalue weighted by atomic mass is 10.1. The smallest absolute Gasteiger partial charge is 0.354 e. The molecule has 0 atom stereocenters.